The van der Waals surface area contributed by atoms with Gasteiger partial charge in [-0.2, -0.15) is 5.10 Å². The van der Waals surface area contributed by atoms with E-state index in [1.54, 1.807) is 18.5 Å². The Bertz CT molecular complexity index is 1100. The summed E-state index contributed by atoms with van der Waals surface area (Å²) < 4.78 is 57.0. The second kappa shape index (κ2) is 7.40. The third-order valence-electron chi connectivity index (χ3n) is 4.05. The number of nitrogens with zero attached hydrogens (tertiary/aromatic N) is 2. The highest BCUT2D eigenvalue weighted by Crippen LogP contribution is 2.25. The SMILES string of the molecule is Cc1nn(Cc2ccc(Br)cc2)c(C)c1NS(=O)(=O)c1ccc(F)cc1F. The summed E-state index contributed by atoms with van der Waals surface area (Å²) in [5.41, 5.74) is 2.30. The van der Waals surface area contributed by atoms with E-state index < -0.39 is 26.6 Å². The standard InChI is InChI=1S/C18H16BrF2N3O2S/c1-11-18(23-27(25,26)17-8-7-15(20)9-16(17)21)12(2)24(22-11)10-13-3-5-14(19)6-4-13/h3-9,23H,10H2,1-2H3. The first-order chi connectivity index (χ1) is 12.7. The monoisotopic (exact) mass is 455 g/mol. The van der Waals surface area contributed by atoms with Crippen LogP contribution < -0.4 is 4.72 Å². The van der Waals surface area contributed by atoms with E-state index in [1.807, 2.05) is 24.3 Å². The minimum atomic E-state index is -4.22. The summed E-state index contributed by atoms with van der Waals surface area (Å²) in [6, 6.07) is 9.99. The van der Waals surface area contributed by atoms with Crippen molar-refractivity contribution in [3.05, 3.63) is 75.5 Å². The lowest BCUT2D eigenvalue weighted by molar-refractivity contribution is 0.551. The lowest BCUT2D eigenvalue weighted by Crippen LogP contribution is -2.16. The summed E-state index contributed by atoms with van der Waals surface area (Å²) in [7, 11) is -4.22. The minimum Gasteiger partial charge on any atom is -0.276 e. The van der Waals surface area contributed by atoms with Gasteiger partial charge in [-0.05, 0) is 43.7 Å². The summed E-state index contributed by atoms with van der Waals surface area (Å²) in [6.07, 6.45) is 0. The highest BCUT2D eigenvalue weighted by molar-refractivity contribution is 9.10. The molecule has 0 bridgehead atoms. The number of hydrogen-bond acceptors (Lipinski definition) is 3. The van der Waals surface area contributed by atoms with Crippen LogP contribution in [0.2, 0.25) is 0 Å². The molecule has 0 atom stereocenters. The molecule has 1 N–H and O–H groups in total. The van der Waals surface area contributed by atoms with Gasteiger partial charge in [0.1, 0.15) is 16.5 Å². The largest absolute Gasteiger partial charge is 0.276 e. The Labute approximate surface area is 164 Å². The Balaban J connectivity index is 1.91. The molecule has 0 aliphatic heterocycles. The van der Waals surface area contributed by atoms with Gasteiger partial charge in [0.05, 0.1) is 23.6 Å². The number of halogens is 3. The van der Waals surface area contributed by atoms with Crippen LogP contribution in [0.5, 0.6) is 0 Å². The van der Waals surface area contributed by atoms with Crippen LogP contribution in [-0.4, -0.2) is 18.2 Å². The van der Waals surface area contributed by atoms with Crippen molar-refractivity contribution in [2.45, 2.75) is 25.3 Å². The number of aromatic nitrogens is 2. The first-order valence-electron chi connectivity index (χ1n) is 7.93. The predicted octanol–water partition coefficient (Wildman–Crippen LogP) is 4.39. The Morgan fingerprint density at radius 3 is 2.41 bits per heavy atom. The molecule has 0 amide bonds. The van der Waals surface area contributed by atoms with Crippen molar-refractivity contribution >= 4 is 31.6 Å². The van der Waals surface area contributed by atoms with Crippen molar-refractivity contribution in [3.63, 3.8) is 0 Å². The molecule has 0 spiro atoms. The number of aryl methyl sites for hydroxylation is 1. The van der Waals surface area contributed by atoms with Crippen molar-refractivity contribution < 1.29 is 17.2 Å². The van der Waals surface area contributed by atoms with Gasteiger partial charge in [-0.1, -0.05) is 28.1 Å². The quantitative estimate of drug-likeness (QED) is 0.620. The van der Waals surface area contributed by atoms with E-state index in [4.69, 9.17) is 0 Å². The van der Waals surface area contributed by atoms with Crippen molar-refractivity contribution in [2.75, 3.05) is 4.72 Å². The molecule has 0 radical (unpaired) electrons. The average molecular weight is 456 g/mol. The molecule has 0 aliphatic carbocycles. The summed E-state index contributed by atoms with van der Waals surface area (Å²) >= 11 is 3.37. The number of benzene rings is 2. The van der Waals surface area contributed by atoms with E-state index in [1.165, 1.54) is 0 Å². The van der Waals surface area contributed by atoms with Crippen molar-refractivity contribution in [2.24, 2.45) is 0 Å². The number of sulfonamides is 1. The maximum Gasteiger partial charge on any atom is 0.264 e. The molecule has 0 fully saturated rings. The Morgan fingerprint density at radius 2 is 1.78 bits per heavy atom. The van der Waals surface area contributed by atoms with E-state index in [2.05, 4.69) is 25.8 Å². The fourth-order valence-electron chi connectivity index (χ4n) is 2.64. The average Bonchev–Trinajstić information content (AvgIpc) is 2.84. The third-order valence-corrected chi connectivity index (χ3v) is 5.96. The van der Waals surface area contributed by atoms with Crippen LogP contribution in [-0.2, 0) is 16.6 Å². The predicted molar refractivity (Wildman–Crippen MR) is 102 cm³/mol. The third kappa shape index (κ3) is 4.19. The molecule has 27 heavy (non-hydrogen) atoms. The van der Waals surface area contributed by atoms with Gasteiger partial charge in [0, 0.05) is 10.5 Å². The van der Waals surface area contributed by atoms with E-state index in [0.29, 0.717) is 24.0 Å². The number of rotatable bonds is 5. The van der Waals surface area contributed by atoms with Crippen LogP contribution >= 0.6 is 15.9 Å². The zero-order chi connectivity index (χ0) is 19.8. The Kier molecular flexibility index (Phi) is 5.34. The van der Waals surface area contributed by atoms with Crippen LogP contribution in [0.1, 0.15) is 17.0 Å². The molecule has 1 heterocycles. The minimum absolute atomic E-state index is 0.274. The lowest BCUT2D eigenvalue weighted by Gasteiger charge is -2.10. The van der Waals surface area contributed by atoms with Crippen LogP contribution in [0.25, 0.3) is 0 Å². The maximum absolute atomic E-state index is 13.9. The molecule has 142 valence electrons. The molecule has 2 aromatic carbocycles. The van der Waals surface area contributed by atoms with Crippen LogP contribution in [0.15, 0.2) is 51.8 Å². The van der Waals surface area contributed by atoms with Gasteiger partial charge in [-0.3, -0.25) is 9.40 Å². The van der Waals surface area contributed by atoms with E-state index in [0.717, 1.165) is 22.2 Å². The zero-order valence-electron chi connectivity index (χ0n) is 14.5. The molecule has 0 saturated heterocycles. The van der Waals surface area contributed by atoms with Crippen LogP contribution in [0.4, 0.5) is 14.5 Å². The van der Waals surface area contributed by atoms with E-state index >= 15 is 0 Å². The zero-order valence-corrected chi connectivity index (χ0v) is 16.9. The smallest absolute Gasteiger partial charge is 0.264 e. The van der Waals surface area contributed by atoms with Gasteiger partial charge in [0.25, 0.3) is 10.0 Å². The Hall–Kier alpha value is -2.26. The molecule has 3 rings (SSSR count). The first-order valence-corrected chi connectivity index (χ1v) is 10.2. The Morgan fingerprint density at radius 1 is 1.11 bits per heavy atom. The van der Waals surface area contributed by atoms with Gasteiger partial charge >= 0.3 is 0 Å². The molecule has 9 heteroatoms. The van der Waals surface area contributed by atoms with Crippen LogP contribution in [0.3, 0.4) is 0 Å². The van der Waals surface area contributed by atoms with Crippen molar-refractivity contribution in [1.29, 1.82) is 0 Å². The molecule has 3 aromatic rings. The second-order valence-electron chi connectivity index (χ2n) is 6.01. The highest BCUT2D eigenvalue weighted by atomic mass is 79.9. The lowest BCUT2D eigenvalue weighted by atomic mass is 10.2. The molecule has 0 unspecified atom stereocenters. The van der Waals surface area contributed by atoms with Gasteiger partial charge in [0.2, 0.25) is 0 Å². The topological polar surface area (TPSA) is 64.0 Å². The molecular weight excluding hydrogens is 440 g/mol. The van der Waals surface area contributed by atoms with Crippen molar-refractivity contribution in [1.82, 2.24) is 9.78 Å². The summed E-state index contributed by atoms with van der Waals surface area (Å²) in [5, 5.41) is 4.37. The van der Waals surface area contributed by atoms with Crippen molar-refractivity contribution in [3.8, 4) is 0 Å². The van der Waals surface area contributed by atoms with Gasteiger partial charge in [0.15, 0.2) is 0 Å². The maximum atomic E-state index is 13.9. The highest BCUT2D eigenvalue weighted by Gasteiger charge is 2.23. The summed E-state index contributed by atoms with van der Waals surface area (Å²) in [6.45, 7) is 3.83. The second-order valence-corrected chi connectivity index (χ2v) is 8.58. The number of hydrogen-bond donors (Lipinski definition) is 1. The van der Waals surface area contributed by atoms with Gasteiger partial charge in [-0.15, -0.1) is 0 Å². The molecule has 0 aliphatic rings. The molecule has 5 nitrogen and oxygen atoms in total. The molecule has 0 saturated carbocycles. The van der Waals surface area contributed by atoms with E-state index in [9.17, 15) is 17.2 Å². The van der Waals surface area contributed by atoms with Gasteiger partial charge < -0.3 is 0 Å². The van der Waals surface area contributed by atoms with E-state index in [-0.39, 0.29) is 5.69 Å². The fourth-order valence-corrected chi connectivity index (χ4v) is 4.15. The summed E-state index contributed by atoms with van der Waals surface area (Å²) in [5.74, 6) is -2.00. The molecule has 1 aromatic heterocycles. The number of anilines is 1. The molecular formula is C18H16BrF2N3O2S. The van der Waals surface area contributed by atoms with Crippen LogP contribution in [0, 0.1) is 25.5 Å². The van der Waals surface area contributed by atoms with Gasteiger partial charge in [-0.25, -0.2) is 17.2 Å². The summed E-state index contributed by atoms with van der Waals surface area (Å²) in [4.78, 5) is -0.622. The fraction of sp³-hybridized carbons (Fsp3) is 0.167. The normalized spacial score (nSPS) is 11.6. The first kappa shape index (κ1) is 19.5. The number of nitrogens with one attached hydrogen (secondary N) is 1.